The average Bonchev–Trinajstić information content (AvgIpc) is 2.22. The number of ketones is 1. The fourth-order valence-electron chi connectivity index (χ4n) is 2.38. The third-order valence-corrected chi connectivity index (χ3v) is 3.18. The second-order valence-corrected chi connectivity index (χ2v) is 6.53. The van der Waals surface area contributed by atoms with Crippen molar-refractivity contribution in [2.45, 2.75) is 46.3 Å². The van der Waals surface area contributed by atoms with E-state index in [9.17, 15) is 14.4 Å². The molecule has 1 aliphatic heterocycles. The molecule has 1 fully saturated rings. The quantitative estimate of drug-likeness (QED) is 0.473. The van der Waals surface area contributed by atoms with Crippen molar-refractivity contribution in [3.8, 4) is 0 Å². The minimum Gasteiger partial charge on any atom is -0.419 e. The molecule has 6 heteroatoms. The summed E-state index contributed by atoms with van der Waals surface area (Å²) in [7, 11) is 0. The molecule has 21 heavy (non-hydrogen) atoms. The van der Waals surface area contributed by atoms with E-state index in [0.29, 0.717) is 18.5 Å². The van der Waals surface area contributed by atoms with E-state index >= 15 is 0 Å². The molecule has 1 saturated heterocycles. The minimum atomic E-state index is -1.26. The number of hydrogen-bond acceptors (Lipinski definition) is 6. The average molecular weight is 293 g/mol. The van der Waals surface area contributed by atoms with Crippen LogP contribution < -0.4 is 5.32 Å². The summed E-state index contributed by atoms with van der Waals surface area (Å²) in [6.07, 6.45) is 3.86. The molecule has 0 amide bonds. The molecule has 0 aromatic heterocycles. The second kappa shape index (κ2) is 5.02. The van der Waals surface area contributed by atoms with Crippen molar-refractivity contribution < 1.29 is 23.9 Å². The third kappa shape index (κ3) is 3.71. The number of carbonyl (C=O) groups excluding carboxylic acids is 3. The summed E-state index contributed by atoms with van der Waals surface area (Å²) in [4.78, 5) is 35.2. The molecule has 1 heterocycles. The predicted molar refractivity (Wildman–Crippen MR) is 73.6 cm³/mol. The van der Waals surface area contributed by atoms with Gasteiger partial charge in [-0.3, -0.25) is 4.79 Å². The van der Waals surface area contributed by atoms with E-state index in [-0.39, 0.29) is 16.8 Å². The largest absolute Gasteiger partial charge is 0.419 e. The van der Waals surface area contributed by atoms with E-state index in [1.807, 2.05) is 13.8 Å². The summed E-state index contributed by atoms with van der Waals surface area (Å²) in [6, 6.07) is 0. The summed E-state index contributed by atoms with van der Waals surface area (Å²) < 4.78 is 9.96. The van der Waals surface area contributed by atoms with Gasteiger partial charge in [0, 0.05) is 38.2 Å². The number of allylic oxidation sites excluding steroid dienone is 2. The Balaban J connectivity index is 2.13. The zero-order valence-corrected chi connectivity index (χ0v) is 12.6. The van der Waals surface area contributed by atoms with Crippen LogP contribution in [0.2, 0.25) is 0 Å². The van der Waals surface area contributed by atoms with Gasteiger partial charge in [-0.25, -0.2) is 9.59 Å². The maximum Gasteiger partial charge on any atom is 0.350 e. The molecule has 0 aromatic carbocycles. The molecule has 0 aromatic rings. The first-order valence-corrected chi connectivity index (χ1v) is 6.75. The Labute approximate surface area is 123 Å². The molecule has 6 nitrogen and oxygen atoms in total. The Hall–Kier alpha value is -2.11. The van der Waals surface area contributed by atoms with Crippen LogP contribution in [0.5, 0.6) is 0 Å². The molecule has 1 aliphatic carbocycles. The van der Waals surface area contributed by atoms with Crippen LogP contribution >= 0.6 is 0 Å². The van der Waals surface area contributed by atoms with Gasteiger partial charge in [0.25, 0.3) is 5.79 Å². The van der Waals surface area contributed by atoms with Crippen molar-refractivity contribution in [3.05, 3.63) is 23.5 Å². The minimum absolute atomic E-state index is 0.0158. The van der Waals surface area contributed by atoms with Crippen molar-refractivity contribution in [1.29, 1.82) is 0 Å². The highest BCUT2D eigenvalue weighted by molar-refractivity contribution is 6.15. The molecule has 0 spiro atoms. The van der Waals surface area contributed by atoms with E-state index in [4.69, 9.17) is 9.47 Å². The van der Waals surface area contributed by atoms with Gasteiger partial charge in [-0.2, -0.15) is 0 Å². The van der Waals surface area contributed by atoms with Gasteiger partial charge in [-0.05, 0) is 11.8 Å². The standard InChI is InChI=1S/C15H19NO5/c1-14(2)6-9(5-10(17)7-14)16-8-11-12(18)20-15(3,4)21-13(11)19/h5,8,16H,6-7H2,1-4H3. The summed E-state index contributed by atoms with van der Waals surface area (Å²) in [6.45, 7) is 6.94. The summed E-state index contributed by atoms with van der Waals surface area (Å²) in [5.74, 6) is -2.73. The molecule has 1 N–H and O–H groups in total. The lowest BCUT2D eigenvalue weighted by Gasteiger charge is -2.30. The van der Waals surface area contributed by atoms with E-state index in [1.165, 1.54) is 26.1 Å². The lowest BCUT2D eigenvalue weighted by Crippen LogP contribution is -2.42. The number of rotatable bonds is 2. The first kappa shape index (κ1) is 15.3. The predicted octanol–water partition coefficient (Wildman–Crippen LogP) is 1.57. The van der Waals surface area contributed by atoms with Gasteiger partial charge < -0.3 is 14.8 Å². The topological polar surface area (TPSA) is 81.7 Å². The Kier molecular flexibility index (Phi) is 3.65. The lowest BCUT2D eigenvalue weighted by atomic mass is 9.79. The van der Waals surface area contributed by atoms with Crippen molar-refractivity contribution in [3.63, 3.8) is 0 Å². The fourth-order valence-corrected chi connectivity index (χ4v) is 2.38. The van der Waals surface area contributed by atoms with Crippen molar-refractivity contribution in [2.24, 2.45) is 5.41 Å². The highest BCUT2D eigenvalue weighted by atomic mass is 16.7. The molecular formula is C15H19NO5. The number of ether oxygens (including phenoxy) is 2. The molecular weight excluding hydrogens is 274 g/mol. The van der Waals surface area contributed by atoms with Crippen LogP contribution in [0.1, 0.15) is 40.5 Å². The zero-order chi connectivity index (χ0) is 15.8. The Morgan fingerprint density at radius 3 is 2.14 bits per heavy atom. The molecule has 0 saturated carbocycles. The van der Waals surface area contributed by atoms with E-state index in [2.05, 4.69) is 5.32 Å². The van der Waals surface area contributed by atoms with Gasteiger partial charge in [-0.15, -0.1) is 0 Å². The number of hydrogen-bond donors (Lipinski definition) is 1. The highest BCUT2D eigenvalue weighted by Gasteiger charge is 2.39. The van der Waals surface area contributed by atoms with Crippen LogP contribution in [-0.2, 0) is 23.9 Å². The van der Waals surface area contributed by atoms with E-state index in [1.54, 1.807) is 0 Å². The summed E-state index contributed by atoms with van der Waals surface area (Å²) >= 11 is 0. The van der Waals surface area contributed by atoms with Gasteiger partial charge in [0.1, 0.15) is 0 Å². The van der Waals surface area contributed by atoms with Crippen LogP contribution in [0.4, 0.5) is 0 Å². The number of carbonyl (C=O) groups is 3. The zero-order valence-electron chi connectivity index (χ0n) is 12.6. The number of nitrogens with one attached hydrogen (secondary N) is 1. The van der Waals surface area contributed by atoms with Gasteiger partial charge in [0.15, 0.2) is 11.4 Å². The lowest BCUT2D eigenvalue weighted by molar-refractivity contribution is -0.222. The van der Waals surface area contributed by atoms with Crippen molar-refractivity contribution in [2.75, 3.05) is 0 Å². The molecule has 0 unspecified atom stereocenters. The Morgan fingerprint density at radius 1 is 1.05 bits per heavy atom. The number of esters is 2. The van der Waals surface area contributed by atoms with Crippen LogP contribution in [0.3, 0.4) is 0 Å². The first-order valence-electron chi connectivity index (χ1n) is 6.75. The highest BCUT2D eigenvalue weighted by Crippen LogP contribution is 2.32. The van der Waals surface area contributed by atoms with E-state index in [0.717, 1.165) is 0 Å². The van der Waals surface area contributed by atoms with Crippen molar-refractivity contribution in [1.82, 2.24) is 5.32 Å². The first-order chi connectivity index (χ1) is 9.58. The molecule has 0 radical (unpaired) electrons. The molecule has 2 aliphatic rings. The van der Waals surface area contributed by atoms with Crippen LogP contribution in [-0.4, -0.2) is 23.5 Å². The molecule has 0 atom stereocenters. The monoisotopic (exact) mass is 293 g/mol. The van der Waals surface area contributed by atoms with Crippen molar-refractivity contribution >= 4 is 17.7 Å². The molecule has 114 valence electrons. The molecule has 0 bridgehead atoms. The van der Waals surface area contributed by atoms with Crippen LogP contribution in [0, 0.1) is 5.41 Å². The smallest absolute Gasteiger partial charge is 0.350 e. The summed E-state index contributed by atoms with van der Waals surface area (Å²) in [5, 5.41) is 2.84. The van der Waals surface area contributed by atoms with Gasteiger partial charge in [-0.1, -0.05) is 13.8 Å². The second-order valence-electron chi connectivity index (χ2n) is 6.53. The SMILES string of the molecule is CC1(C)CC(=O)C=C(NC=C2C(=O)OC(C)(C)OC2=O)C1. The van der Waals surface area contributed by atoms with Gasteiger partial charge >= 0.3 is 11.9 Å². The Morgan fingerprint density at radius 2 is 1.62 bits per heavy atom. The van der Waals surface area contributed by atoms with Crippen LogP contribution in [0.25, 0.3) is 0 Å². The van der Waals surface area contributed by atoms with E-state index < -0.39 is 17.7 Å². The third-order valence-electron chi connectivity index (χ3n) is 3.18. The van der Waals surface area contributed by atoms with Gasteiger partial charge in [0.2, 0.25) is 0 Å². The number of cyclic esters (lactones) is 2. The van der Waals surface area contributed by atoms with Gasteiger partial charge in [0.05, 0.1) is 0 Å². The van der Waals surface area contributed by atoms with Crippen LogP contribution in [0.15, 0.2) is 23.5 Å². The fraction of sp³-hybridized carbons (Fsp3) is 0.533. The normalized spacial score (nSPS) is 23.9. The maximum atomic E-state index is 11.8. The summed E-state index contributed by atoms with van der Waals surface area (Å²) in [5.41, 5.74) is 0.294. The Bertz CT molecular complexity index is 547. The molecule has 2 rings (SSSR count). The maximum absolute atomic E-state index is 11.8.